The van der Waals surface area contributed by atoms with E-state index in [1.807, 2.05) is 0 Å². The summed E-state index contributed by atoms with van der Waals surface area (Å²) in [5.41, 5.74) is 8.09. The molecule has 0 heterocycles. The van der Waals surface area contributed by atoms with Gasteiger partial charge in [0.2, 0.25) is 0 Å². The Morgan fingerprint density at radius 2 is 1.19 bits per heavy atom. The molecule has 0 unspecified atom stereocenters. The van der Waals surface area contributed by atoms with E-state index in [1.165, 1.54) is 62.2 Å². The van der Waals surface area contributed by atoms with Crippen LogP contribution in [0, 0.1) is 0 Å². The van der Waals surface area contributed by atoms with Crippen molar-refractivity contribution < 1.29 is 0 Å². The highest BCUT2D eigenvalue weighted by atomic mass is 127. The number of hydrogen-bond donors (Lipinski definition) is 0. The highest BCUT2D eigenvalue weighted by molar-refractivity contribution is 14.1. The van der Waals surface area contributed by atoms with Crippen LogP contribution in [0.1, 0.15) is 64.2 Å². The Balaban J connectivity index is 2.90. The van der Waals surface area contributed by atoms with E-state index >= 15 is 0 Å². The fourth-order valence-corrected chi connectivity index (χ4v) is 2.28. The van der Waals surface area contributed by atoms with Crippen LogP contribution >= 0.6 is 22.6 Å². The first kappa shape index (κ1) is 16.0. The third kappa shape index (κ3) is 14.0. The van der Waals surface area contributed by atoms with Crippen molar-refractivity contribution in [2.45, 2.75) is 64.2 Å². The summed E-state index contributed by atoms with van der Waals surface area (Å²) in [4.78, 5) is 2.74. The molecule has 0 N–H and O–H groups in total. The van der Waals surface area contributed by atoms with E-state index in [1.54, 1.807) is 0 Å². The second-order valence-electron chi connectivity index (χ2n) is 4.18. The number of unbranched alkanes of at least 4 members (excludes halogenated alkanes) is 9. The van der Waals surface area contributed by atoms with Crippen LogP contribution < -0.4 is 0 Å². The molecule has 0 saturated heterocycles. The van der Waals surface area contributed by atoms with Gasteiger partial charge in [-0.2, -0.15) is 0 Å². The Labute approximate surface area is 113 Å². The van der Waals surface area contributed by atoms with Gasteiger partial charge in [0.1, 0.15) is 0 Å². The molecule has 0 aliphatic heterocycles. The van der Waals surface area contributed by atoms with Gasteiger partial charge in [-0.05, 0) is 22.8 Å². The predicted octanol–water partition coefficient (Wildman–Crippen LogP) is 5.63. The van der Waals surface area contributed by atoms with Gasteiger partial charge in [-0.25, -0.2) is 0 Å². The molecule has 0 aromatic rings. The molecule has 0 saturated carbocycles. The maximum atomic E-state index is 8.09. The number of hydrogen-bond acceptors (Lipinski definition) is 1. The average molecular weight is 337 g/mol. The smallest absolute Gasteiger partial charge is 0.0257 e. The van der Waals surface area contributed by atoms with Crippen LogP contribution in [-0.4, -0.2) is 11.0 Å². The van der Waals surface area contributed by atoms with Crippen molar-refractivity contribution in [3.8, 4) is 0 Å². The summed E-state index contributed by atoms with van der Waals surface area (Å²) in [5, 5.41) is 3.53. The van der Waals surface area contributed by atoms with Crippen molar-refractivity contribution in [2.24, 2.45) is 5.11 Å². The first-order chi connectivity index (χ1) is 7.91. The van der Waals surface area contributed by atoms with Crippen molar-refractivity contribution in [3.05, 3.63) is 10.4 Å². The summed E-state index contributed by atoms with van der Waals surface area (Å²) in [5.74, 6) is 0. The van der Waals surface area contributed by atoms with E-state index in [0.29, 0.717) is 6.54 Å². The minimum Gasteiger partial charge on any atom is -0.0940 e. The van der Waals surface area contributed by atoms with Gasteiger partial charge in [-0.1, -0.05) is 79.1 Å². The van der Waals surface area contributed by atoms with Gasteiger partial charge in [0.25, 0.3) is 0 Å². The van der Waals surface area contributed by atoms with Crippen LogP contribution in [0.2, 0.25) is 0 Å². The van der Waals surface area contributed by atoms with Crippen LogP contribution in [0.15, 0.2) is 5.11 Å². The zero-order chi connectivity index (χ0) is 11.9. The highest BCUT2D eigenvalue weighted by Crippen LogP contribution is 2.11. The van der Waals surface area contributed by atoms with E-state index in [-0.39, 0.29) is 0 Å². The number of halogens is 1. The van der Waals surface area contributed by atoms with Gasteiger partial charge >= 0.3 is 0 Å². The largest absolute Gasteiger partial charge is 0.0940 e. The second-order valence-corrected chi connectivity index (χ2v) is 5.26. The third-order valence-electron chi connectivity index (χ3n) is 2.70. The normalized spacial score (nSPS) is 10.1. The first-order valence-corrected chi connectivity index (χ1v) is 8.01. The van der Waals surface area contributed by atoms with Gasteiger partial charge < -0.3 is 0 Å². The van der Waals surface area contributed by atoms with Crippen molar-refractivity contribution in [1.82, 2.24) is 0 Å². The molecule has 4 heteroatoms. The molecule has 0 aromatic heterocycles. The quantitative estimate of drug-likeness (QED) is 0.111. The van der Waals surface area contributed by atoms with Crippen LogP contribution in [0.25, 0.3) is 10.4 Å². The van der Waals surface area contributed by atoms with E-state index in [2.05, 4.69) is 32.6 Å². The van der Waals surface area contributed by atoms with Gasteiger partial charge in [0.05, 0.1) is 0 Å². The summed E-state index contributed by atoms with van der Waals surface area (Å²) in [6.45, 7) is 0.673. The molecule has 0 aliphatic rings. The Kier molecular flexibility index (Phi) is 15.1. The van der Waals surface area contributed by atoms with Crippen LogP contribution in [-0.2, 0) is 0 Å². The average Bonchev–Trinajstić information content (AvgIpc) is 2.31. The summed E-state index contributed by atoms with van der Waals surface area (Å²) in [6.07, 6.45) is 13.3. The van der Waals surface area contributed by atoms with Crippen molar-refractivity contribution in [2.75, 3.05) is 11.0 Å². The Bertz CT molecular complexity index is 179. The fourth-order valence-electron chi connectivity index (χ4n) is 1.74. The van der Waals surface area contributed by atoms with Gasteiger partial charge in [0, 0.05) is 11.5 Å². The van der Waals surface area contributed by atoms with E-state index in [9.17, 15) is 0 Å². The molecule has 0 aliphatic carbocycles. The van der Waals surface area contributed by atoms with E-state index in [4.69, 9.17) is 5.53 Å². The Hall–Kier alpha value is 0.0400. The van der Waals surface area contributed by atoms with Crippen molar-refractivity contribution >= 4 is 22.6 Å². The molecule has 16 heavy (non-hydrogen) atoms. The predicted molar refractivity (Wildman–Crippen MR) is 79.1 cm³/mol. The highest BCUT2D eigenvalue weighted by Gasteiger charge is 1.92. The van der Waals surface area contributed by atoms with Crippen molar-refractivity contribution in [3.63, 3.8) is 0 Å². The maximum Gasteiger partial charge on any atom is 0.0257 e. The number of rotatable bonds is 12. The molecule has 0 atom stereocenters. The zero-order valence-corrected chi connectivity index (χ0v) is 12.4. The standard InChI is InChI=1S/C12H24IN3/c13-11-9-7-5-3-1-2-4-6-8-10-12-15-16-14/h1-12H2. The monoisotopic (exact) mass is 337 g/mol. The summed E-state index contributed by atoms with van der Waals surface area (Å²) >= 11 is 2.45. The fraction of sp³-hybridized carbons (Fsp3) is 1.00. The Morgan fingerprint density at radius 3 is 1.62 bits per heavy atom. The Morgan fingerprint density at radius 1 is 0.750 bits per heavy atom. The molecule has 0 rings (SSSR count). The molecular formula is C12H24IN3. The lowest BCUT2D eigenvalue weighted by molar-refractivity contribution is 0.559. The lowest BCUT2D eigenvalue weighted by Crippen LogP contribution is -1.83. The van der Waals surface area contributed by atoms with Crippen LogP contribution in [0.4, 0.5) is 0 Å². The number of nitrogens with zero attached hydrogens (tertiary/aromatic N) is 3. The minimum atomic E-state index is 0.673. The van der Waals surface area contributed by atoms with E-state index in [0.717, 1.165) is 6.42 Å². The van der Waals surface area contributed by atoms with Gasteiger partial charge in [-0.3, -0.25) is 0 Å². The maximum absolute atomic E-state index is 8.09. The summed E-state index contributed by atoms with van der Waals surface area (Å²) in [7, 11) is 0. The third-order valence-corrected chi connectivity index (χ3v) is 3.47. The molecule has 0 aromatic carbocycles. The minimum absolute atomic E-state index is 0.673. The lowest BCUT2D eigenvalue weighted by Gasteiger charge is -2.01. The van der Waals surface area contributed by atoms with Crippen LogP contribution in [0.3, 0.4) is 0 Å². The second kappa shape index (κ2) is 15.0. The molecule has 0 bridgehead atoms. The molecule has 0 spiro atoms. The molecule has 0 radical (unpaired) electrons. The summed E-state index contributed by atoms with van der Waals surface area (Å²) in [6, 6.07) is 0. The molecule has 0 fully saturated rings. The lowest BCUT2D eigenvalue weighted by atomic mass is 10.1. The summed E-state index contributed by atoms with van der Waals surface area (Å²) < 4.78 is 1.31. The zero-order valence-electron chi connectivity index (χ0n) is 10.2. The molecule has 94 valence electrons. The SMILES string of the molecule is [N-]=[N+]=NCCCCCCCCCCCCI. The number of alkyl halides is 1. The molecule has 3 nitrogen and oxygen atoms in total. The molecule has 0 amide bonds. The van der Waals surface area contributed by atoms with Crippen molar-refractivity contribution in [1.29, 1.82) is 0 Å². The van der Waals surface area contributed by atoms with Gasteiger partial charge in [0.15, 0.2) is 0 Å². The molecular weight excluding hydrogens is 313 g/mol. The van der Waals surface area contributed by atoms with Crippen LogP contribution in [0.5, 0.6) is 0 Å². The van der Waals surface area contributed by atoms with Gasteiger partial charge in [-0.15, -0.1) is 0 Å². The first-order valence-electron chi connectivity index (χ1n) is 6.48. The number of azide groups is 1. The van der Waals surface area contributed by atoms with E-state index < -0.39 is 0 Å². The topological polar surface area (TPSA) is 48.8 Å².